The number of carbonyl (C=O) groups excluding carboxylic acids is 3. The van der Waals surface area contributed by atoms with Crippen LogP contribution in [-0.2, 0) is 16.0 Å². The molecule has 0 bridgehead atoms. The first-order valence-electron chi connectivity index (χ1n) is 9.67. The maximum atomic E-state index is 13.1. The molecule has 0 saturated carbocycles. The van der Waals surface area contributed by atoms with Crippen LogP contribution >= 0.6 is 0 Å². The Balaban J connectivity index is 1.49. The normalized spacial score (nSPS) is 18.5. The van der Waals surface area contributed by atoms with Crippen LogP contribution in [0, 0.1) is 0 Å². The highest BCUT2D eigenvalue weighted by Gasteiger charge is 2.42. The van der Waals surface area contributed by atoms with Crippen LogP contribution in [0.5, 0.6) is 0 Å². The van der Waals surface area contributed by atoms with E-state index in [0.29, 0.717) is 30.8 Å². The summed E-state index contributed by atoms with van der Waals surface area (Å²) in [7, 11) is 0. The maximum Gasteiger partial charge on any atom is 0.256 e. The number of para-hydroxylation sites is 1. The number of hydrogen-bond acceptors (Lipinski definition) is 3. The van der Waals surface area contributed by atoms with Crippen molar-refractivity contribution in [1.82, 2.24) is 10.2 Å². The molecule has 1 atom stereocenters. The number of nitrogens with one attached hydrogen (secondary N) is 1. The molecule has 3 amide bonds. The molecule has 0 aromatic heterocycles. The molecule has 1 saturated heterocycles. The smallest absolute Gasteiger partial charge is 0.256 e. The summed E-state index contributed by atoms with van der Waals surface area (Å²) in [6.07, 6.45) is 2.18. The second-order valence-electron chi connectivity index (χ2n) is 7.18. The van der Waals surface area contributed by atoms with Gasteiger partial charge in [0.1, 0.15) is 12.6 Å². The van der Waals surface area contributed by atoms with E-state index in [1.54, 1.807) is 29.2 Å². The minimum atomic E-state index is -0.475. The van der Waals surface area contributed by atoms with Crippen molar-refractivity contribution in [1.29, 1.82) is 0 Å². The van der Waals surface area contributed by atoms with Crippen molar-refractivity contribution in [3.05, 3.63) is 65.7 Å². The third kappa shape index (κ3) is 3.50. The van der Waals surface area contributed by atoms with Gasteiger partial charge in [0.2, 0.25) is 11.8 Å². The molecule has 0 unspecified atom stereocenters. The molecule has 28 heavy (non-hydrogen) atoms. The Hall–Kier alpha value is -3.15. The zero-order valence-electron chi connectivity index (χ0n) is 15.6. The van der Waals surface area contributed by atoms with Crippen LogP contribution in [0.1, 0.15) is 28.8 Å². The van der Waals surface area contributed by atoms with E-state index in [9.17, 15) is 14.4 Å². The first-order chi connectivity index (χ1) is 13.6. The Bertz CT molecular complexity index is 897. The Kier molecular flexibility index (Phi) is 5.10. The highest BCUT2D eigenvalue weighted by molar-refractivity contribution is 6.12. The summed E-state index contributed by atoms with van der Waals surface area (Å²) in [5.41, 5.74) is 2.15. The molecule has 4 rings (SSSR count). The van der Waals surface area contributed by atoms with E-state index >= 15 is 0 Å². The number of rotatable bonds is 5. The van der Waals surface area contributed by atoms with Crippen molar-refractivity contribution in [3.8, 4) is 0 Å². The summed E-state index contributed by atoms with van der Waals surface area (Å²) in [6, 6.07) is 16.5. The lowest BCUT2D eigenvalue weighted by molar-refractivity contribution is -0.125. The first kappa shape index (κ1) is 18.2. The number of amides is 3. The molecule has 1 fully saturated rings. The van der Waals surface area contributed by atoms with E-state index in [1.807, 2.05) is 30.3 Å². The molecule has 2 aliphatic rings. The van der Waals surface area contributed by atoms with Crippen molar-refractivity contribution in [2.45, 2.75) is 25.3 Å². The van der Waals surface area contributed by atoms with Gasteiger partial charge in [0, 0.05) is 13.1 Å². The Morgan fingerprint density at radius 3 is 2.61 bits per heavy atom. The Morgan fingerprint density at radius 1 is 1.04 bits per heavy atom. The topological polar surface area (TPSA) is 69.7 Å². The van der Waals surface area contributed by atoms with E-state index in [-0.39, 0.29) is 24.3 Å². The van der Waals surface area contributed by atoms with Crippen molar-refractivity contribution < 1.29 is 14.4 Å². The minimum Gasteiger partial charge on any atom is -0.354 e. The van der Waals surface area contributed by atoms with E-state index in [1.165, 1.54) is 4.90 Å². The highest BCUT2D eigenvalue weighted by Crippen LogP contribution is 2.32. The number of benzene rings is 2. The summed E-state index contributed by atoms with van der Waals surface area (Å²) in [5.74, 6) is -0.523. The quantitative estimate of drug-likeness (QED) is 0.866. The molecule has 6 nitrogen and oxygen atoms in total. The van der Waals surface area contributed by atoms with Crippen molar-refractivity contribution in [2.24, 2.45) is 0 Å². The molecule has 144 valence electrons. The molecular formula is C22H23N3O3. The molecule has 1 N–H and O–H groups in total. The molecular weight excluding hydrogens is 354 g/mol. The van der Waals surface area contributed by atoms with Crippen LogP contribution in [0.2, 0.25) is 0 Å². The van der Waals surface area contributed by atoms with E-state index < -0.39 is 6.04 Å². The Labute approximate surface area is 164 Å². The fourth-order valence-electron chi connectivity index (χ4n) is 3.96. The van der Waals surface area contributed by atoms with Crippen molar-refractivity contribution in [3.63, 3.8) is 0 Å². The lowest BCUT2D eigenvalue weighted by atomic mass is 10.1. The first-order valence-corrected chi connectivity index (χ1v) is 9.67. The SMILES string of the molecule is O=C(CN1C(=O)[C@H]2CCCN2C(=O)c2ccccc21)NCCc1ccccc1. The summed E-state index contributed by atoms with van der Waals surface area (Å²) in [4.78, 5) is 41.6. The maximum absolute atomic E-state index is 13.1. The third-order valence-electron chi connectivity index (χ3n) is 5.37. The molecule has 0 aliphatic carbocycles. The summed E-state index contributed by atoms with van der Waals surface area (Å²) >= 11 is 0. The van der Waals surface area contributed by atoms with Gasteiger partial charge < -0.3 is 15.1 Å². The summed E-state index contributed by atoms with van der Waals surface area (Å²) in [5, 5.41) is 2.89. The second-order valence-corrected chi connectivity index (χ2v) is 7.18. The monoisotopic (exact) mass is 377 g/mol. The van der Waals surface area contributed by atoms with Gasteiger partial charge in [0.15, 0.2) is 0 Å². The van der Waals surface area contributed by atoms with Gasteiger partial charge in [-0.25, -0.2) is 0 Å². The van der Waals surface area contributed by atoms with Crippen LogP contribution < -0.4 is 10.2 Å². The Morgan fingerprint density at radius 2 is 1.79 bits per heavy atom. The zero-order chi connectivity index (χ0) is 19.5. The lowest BCUT2D eigenvalue weighted by Crippen LogP contribution is -2.48. The molecule has 2 aromatic rings. The number of hydrogen-bond donors (Lipinski definition) is 1. The summed E-state index contributed by atoms with van der Waals surface area (Å²) < 4.78 is 0. The average molecular weight is 377 g/mol. The predicted octanol–water partition coefficient (Wildman–Crippen LogP) is 2.00. The largest absolute Gasteiger partial charge is 0.354 e. The zero-order valence-corrected chi connectivity index (χ0v) is 15.6. The molecule has 2 aliphatic heterocycles. The molecule has 2 heterocycles. The fraction of sp³-hybridized carbons (Fsp3) is 0.318. The van der Waals surface area contributed by atoms with Crippen LogP contribution in [0.4, 0.5) is 5.69 Å². The van der Waals surface area contributed by atoms with Gasteiger partial charge in [0.05, 0.1) is 11.3 Å². The van der Waals surface area contributed by atoms with E-state index in [0.717, 1.165) is 18.4 Å². The second kappa shape index (κ2) is 7.84. The number of fused-ring (bicyclic) bond motifs is 2. The number of nitrogens with zero attached hydrogens (tertiary/aromatic N) is 2. The average Bonchev–Trinajstić information content (AvgIpc) is 3.19. The van der Waals surface area contributed by atoms with E-state index in [2.05, 4.69) is 5.32 Å². The van der Waals surface area contributed by atoms with Gasteiger partial charge in [-0.3, -0.25) is 14.4 Å². The summed E-state index contributed by atoms with van der Waals surface area (Å²) in [6.45, 7) is 1.00. The van der Waals surface area contributed by atoms with Gasteiger partial charge in [-0.2, -0.15) is 0 Å². The van der Waals surface area contributed by atoms with Crippen LogP contribution in [0.3, 0.4) is 0 Å². The molecule has 6 heteroatoms. The third-order valence-corrected chi connectivity index (χ3v) is 5.37. The van der Waals surface area contributed by atoms with Gasteiger partial charge >= 0.3 is 0 Å². The minimum absolute atomic E-state index is 0.0811. The fourth-order valence-corrected chi connectivity index (χ4v) is 3.96. The predicted molar refractivity (Wildman–Crippen MR) is 106 cm³/mol. The van der Waals surface area contributed by atoms with Crippen molar-refractivity contribution >= 4 is 23.4 Å². The van der Waals surface area contributed by atoms with Gasteiger partial charge in [-0.1, -0.05) is 42.5 Å². The molecule has 0 radical (unpaired) electrons. The molecule has 0 spiro atoms. The van der Waals surface area contributed by atoms with Crippen LogP contribution in [-0.4, -0.2) is 48.3 Å². The molecule has 2 aromatic carbocycles. The standard InChI is InChI=1S/C22H23N3O3/c26-20(23-13-12-16-7-2-1-3-8-16)15-25-18-10-5-4-9-17(18)21(27)24-14-6-11-19(24)22(25)28/h1-5,7-10,19H,6,11-15H2,(H,23,26)/t19-/m1/s1. The van der Waals surface area contributed by atoms with Gasteiger partial charge in [-0.05, 0) is 37.0 Å². The van der Waals surface area contributed by atoms with E-state index in [4.69, 9.17) is 0 Å². The van der Waals surface area contributed by atoms with Crippen molar-refractivity contribution in [2.75, 3.05) is 24.5 Å². The van der Waals surface area contributed by atoms with Gasteiger partial charge in [0.25, 0.3) is 5.91 Å². The van der Waals surface area contributed by atoms with Gasteiger partial charge in [-0.15, -0.1) is 0 Å². The van der Waals surface area contributed by atoms with Crippen LogP contribution in [0.25, 0.3) is 0 Å². The number of anilines is 1. The highest BCUT2D eigenvalue weighted by atomic mass is 16.2. The lowest BCUT2D eigenvalue weighted by Gasteiger charge is -2.25. The van der Waals surface area contributed by atoms with Crippen LogP contribution in [0.15, 0.2) is 54.6 Å². The number of carbonyl (C=O) groups is 3.